The molecule has 0 radical (unpaired) electrons. The molecule has 0 saturated carbocycles. The highest BCUT2D eigenvalue weighted by molar-refractivity contribution is 7.85. The molecule has 0 aliphatic heterocycles. The lowest BCUT2D eigenvalue weighted by Gasteiger charge is -2.30. The third-order valence-corrected chi connectivity index (χ3v) is 3.49. The van der Waals surface area contributed by atoms with Crippen LogP contribution in [-0.4, -0.2) is 63.5 Å². The molecular formula is C12H26N2O3S. The van der Waals surface area contributed by atoms with Crippen LogP contribution in [-0.2, 0) is 10.1 Å². The van der Waals surface area contributed by atoms with Crippen molar-refractivity contribution in [1.29, 1.82) is 0 Å². The second kappa shape index (κ2) is 7.89. The molecule has 0 unspecified atom stereocenters. The van der Waals surface area contributed by atoms with Gasteiger partial charge >= 0.3 is 0 Å². The lowest BCUT2D eigenvalue weighted by molar-refractivity contribution is -0.890. The van der Waals surface area contributed by atoms with Crippen LogP contribution in [0.2, 0.25) is 0 Å². The Bertz CT molecular complexity index is 350. The molecule has 6 heteroatoms. The van der Waals surface area contributed by atoms with Crippen LogP contribution in [0.15, 0.2) is 12.2 Å². The molecular weight excluding hydrogens is 252 g/mol. The van der Waals surface area contributed by atoms with Crippen LogP contribution in [0.4, 0.5) is 0 Å². The summed E-state index contributed by atoms with van der Waals surface area (Å²) >= 11 is 0. The van der Waals surface area contributed by atoms with Gasteiger partial charge in [-0.3, -0.25) is 0 Å². The lowest BCUT2D eigenvalue weighted by atomic mass is 10.3. The number of quaternary nitrogens is 1. The van der Waals surface area contributed by atoms with E-state index in [1.54, 1.807) is 0 Å². The van der Waals surface area contributed by atoms with Crippen LogP contribution < -0.4 is 5.32 Å². The van der Waals surface area contributed by atoms with Crippen molar-refractivity contribution in [2.45, 2.75) is 19.8 Å². The van der Waals surface area contributed by atoms with E-state index in [2.05, 4.69) is 26.0 Å². The van der Waals surface area contributed by atoms with E-state index in [-0.39, 0.29) is 5.75 Å². The van der Waals surface area contributed by atoms with Crippen LogP contribution in [0, 0.1) is 0 Å². The van der Waals surface area contributed by atoms with Crippen molar-refractivity contribution >= 4 is 10.1 Å². The van der Waals surface area contributed by atoms with Gasteiger partial charge in [0.15, 0.2) is 0 Å². The Labute approximate surface area is 111 Å². The first-order valence-corrected chi connectivity index (χ1v) is 7.81. The maximum atomic E-state index is 10.5. The third kappa shape index (κ3) is 12.0. The van der Waals surface area contributed by atoms with Crippen molar-refractivity contribution < 1.29 is 17.5 Å². The lowest BCUT2D eigenvalue weighted by Crippen LogP contribution is -2.42. The molecule has 0 heterocycles. The van der Waals surface area contributed by atoms with E-state index >= 15 is 0 Å². The van der Waals surface area contributed by atoms with Gasteiger partial charge < -0.3 is 14.4 Å². The van der Waals surface area contributed by atoms with E-state index in [0.717, 1.165) is 36.1 Å². The van der Waals surface area contributed by atoms with Gasteiger partial charge in [0.25, 0.3) is 0 Å². The maximum absolute atomic E-state index is 10.5. The van der Waals surface area contributed by atoms with Gasteiger partial charge in [-0.1, -0.05) is 12.2 Å². The van der Waals surface area contributed by atoms with Gasteiger partial charge in [0, 0.05) is 31.7 Å². The molecule has 0 aliphatic carbocycles. The van der Waals surface area contributed by atoms with Gasteiger partial charge in [-0.25, -0.2) is 8.42 Å². The number of hydrogen-bond donors (Lipinski definition) is 1. The molecule has 108 valence electrons. The van der Waals surface area contributed by atoms with Crippen LogP contribution in [0.1, 0.15) is 19.8 Å². The minimum Gasteiger partial charge on any atom is -0.748 e. The molecule has 0 rings (SSSR count). The van der Waals surface area contributed by atoms with Gasteiger partial charge in [0.1, 0.15) is 0 Å². The molecule has 0 fully saturated rings. The summed E-state index contributed by atoms with van der Waals surface area (Å²) in [6.07, 6.45) is 1.45. The number of hydrogen-bond acceptors (Lipinski definition) is 4. The largest absolute Gasteiger partial charge is 0.748 e. The summed E-state index contributed by atoms with van der Waals surface area (Å²) in [6.45, 7) is 9.23. The summed E-state index contributed by atoms with van der Waals surface area (Å²) < 4.78 is 32.2. The molecule has 18 heavy (non-hydrogen) atoms. The summed E-state index contributed by atoms with van der Waals surface area (Å²) in [5, 5.41) is 3.28. The molecule has 0 atom stereocenters. The minimum atomic E-state index is -4.07. The zero-order valence-electron chi connectivity index (χ0n) is 11.7. The minimum absolute atomic E-state index is 0.261. The second-order valence-electron chi connectivity index (χ2n) is 5.49. The quantitative estimate of drug-likeness (QED) is 0.274. The molecule has 0 bridgehead atoms. The second-order valence-corrected chi connectivity index (χ2v) is 7.01. The zero-order valence-corrected chi connectivity index (χ0v) is 12.6. The average Bonchev–Trinajstić information content (AvgIpc) is 2.13. The molecule has 1 N–H and O–H groups in total. The average molecular weight is 278 g/mol. The third-order valence-electron chi connectivity index (χ3n) is 2.70. The fourth-order valence-corrected chi connectivity index (χ4v) is 2.20. The van der Waals surface area contributed by atoms with E-state index in [9.17, 15) is 13.0 Å². The Balaban J connectivity index is 3.70. The standard InChI is InChI=1S/C12H26N2O3S/c1-12(2)11-13-7-5-8-14(3,4)9-6-10-18(15,16)17/h13H,1,5-11H2,2-4H3. The summed E-state index contributed by atoms with van der Waals surface area (Å²) in [5.41, 5.74) is 1.12. The van der Waals surface area contributed by atoms with E-state index in [4.69, 9.17) is 0 Å². The van der Waals surface area contributed by atoms with E-state index < -0.39 is 10.1 Å². The Morgan fingerprint density at radius 1 is 1.28 bits per heavy atom. The molecule has 5 nitrogen and oxygen atoms in total. The van der Waals surface area contributed by atoms with E-state index in [0.29, 0.717) is 13.0 Å². The molecule has 0 aromatic carbocycles. The van der Waals surface area contributed by atoms with Crippen LogP contribution in [0.5, 0.6) is 0 Å². The predicted molar refractivity (Wildman–Crippen MR) is 73.3 cm³/mol. The fraction of sp³-hybridized carbons (Fsp3) is 0.833. The first-order chi connectivity index (χ1) is 8.12. The van der Waals surface area contributed by atoms with Crippen molar-refractivity contribution in [3.05, 3.63) is 12.2 Å². The smallest absolute Gasteiger partial charge is 0.0948 e. The van der Waals surface area contributed by atoms with Crippen molar-refractivity contribution in [1.82, 2.24) is 5.32 Å². The van der Waals surface area contributed by atoms with Gasteiger partial charge in [-0.2, -0.15) is 0 Å². The molecule has 0 amide bonds. The monoisotopic (exact) mass is 278 g/mol. The zero-order chi connectivity index (χ0) is 14.2. The normalized spacial score (nSPS) is 12.7. The van der Waals surface area contributed by atoms with E-state index in [1.165, 1.54) is 0 Å². The van der Waals surface area contributed by atoms with Crippen LogP contribution in [0.25, 0.3) is 0 Å². The van der Waals surface area contributed by atoms with E-state index in [1.807, 2.05) is 6.92 Å². The fourth-order valence-electron chi connectivity index (χ4n) is 1.72. The summed E-state index contributed by atoms with van der Waals surface area (Å²) in [4.78, 5) is 0. The highest BCUT2D eigenvalue weighted by Crippen LogP contribution is 2.02. The topological polar surface area (TPSA) is 69.2 Å². The number of nitrogens with zero attached hydrogens (tertiary/aromatic N) is 1. The molecule has 0 spiro atoms. The molecule has 0 saturated heterocycles. The van der Waals surface area contributed by atoms with Crippen molar-refractivity contribution in [2.75, 3.05) is 46.0 Å². The Hall–Kier alpha value is -0.430. The highest BCUT2D eigenvalue weighted by Gasteiger charge is 2.14. The summed E-state index contributed by atoms with van der Waals surface area (Å²) in [7, 11) is 0.0363. The van der Waals surface area contributed by atoms with Crippen LogP contribution >= 0.6 is 0 Å². The summed E-state index contributed by atoms with van der Waals surface area (Å²) in [6, 6.07) is 0. The Morgan fingerprint density at radius 2 is 1.83 bits per heavy atom. The van der Waals surface area contributed by atoms with Crippen molar-refractivity contribution in [3.63, 3.8) is 0 Å². The highest BCUT2D eigenvalue weighted by atomic mass is 32.2. The number of nitrogens with one attached hydrogen (secondary N) is 1. The van der Waals surface area contributed by atoms with Crippen molar-refractivity contribution in [3.8, 4) is 0 Å². The summed E-state index contributed by atoms with van der Waals surface area (Å²) in [5.74, 6) is -0.261. The number of rotatable bonds is 10. The molecule has 0 aromatic heterocycles. The van der Waals surface area contributed by atoms with Gasteiger partial charge in [0.2, 0.25) is 0 Å². The van der Waals surface area contributed by atoms with Gasteiger partial charge in [-0.05, 0) is 6.92 Å². The van der Waals surface area contributed by atoms with Gasteiger partial charge in [0.05, 0.1) is 37.3 Å². The first-order valence-electron chi connectivity index (χ1n) is 6.23. The molecule has 0 aliphatic rings. The maximum Gasteiger partial charge on any atom is 0.0948 e. The first kappa shape index (κ1) is 17.6. The Kier molecular flexibility index (Phi) is 7.70. The Morgan fingerprint density at radius 3 is 2.33 bits per heavy atom. The molecule has 0 aromatic rings. The van der Waals surface area contributed by atoms with Gasteiger partial charge in [-0.15, -0.1) is 0 Å². The SMILES string of the molecule is C=C(C)CNCCC[N+](C)(C)CCCS(=O)(=O)[O-]. The predicted octanol–water partition coefficient (Wildman–Crippen LogP) is 0.554. The van der Waals surface area contributed by atoms with Crippen LogP contribution in [0.3, 0.4) is 0 Å². The van der Waals surface area contributed by atoms with Crippen molar-refractivity contribution in [2.24, 2.45) is 0 Å².